The highest BCUT2D eigenvalue weighted by atomic mass is 79.9. The molecule has 0 bridgehead atoms. The molecular formula is C13H13BrN2O2. The lowest BCUT2D eigenvalue weighted by molar-refractivity contribution is 0.350. The first kappa shape index (κ1) is 11.7. The normalized spacial score (nSPS) is 13.4. The molecule has 0 spiro atoms. The summed E-state index contributed by atoms with van der Waals surface area (Å²) in [7, 11) is 0. The number of hydrogen-bond donors (Lipinski definition) is 1. The van der Waals surface area contributed by atoms with Gasteiger partial charge < -0.3 is 14.6 Å². The van der Waals surface area contributed by atoms with E-state index >= 15 is 0 Å². The summed E-state index contributed by atoms with van der Waals surface area (Å²) in [4.78, 5) is 0. The Bertz CT molecular complexity index is 540. The van der Waals surface area contributed by atoms with Crippen LogP contribution in [0, 0.1) is 0 Å². The van der Waals surface area contributed by atoms with Crippen molar-refractivity contribution in [3.05, 3.63) is 45.8 Å². The van der Waals surface area contributed by atoms with E-state index in [0.29, 0.717) is 6.54 Å². The number of rotatable bonds is 4. The second-order valence-corrected chi connectivity index (χ2v) is 5.15. The van der Waals surface area contributed by atoms with Crippen molar-refractivity contribution in [3.63, 3.8) is 0 Å². The number of aromatic nitrogens is 1. The van der Waals surface area contributed by atoms with Crippen molar-refractivity contribution in [2.75, 3.05) is 6.61 Å². The molecule has 1 N–H and O–H groups in total. The summed E-state index contributed by atoms with van der Waals surface area (Å²) in [6.45, 7) is 2.20. The van der Waals surface area contributed by atoms with E-state index in [1.165, 1.54) is 11.1 Å². The summed E-state index contributed by atoms with van der Waals surface area (Å²) in [6.07, 6.45) is 2.64. The number of benzene rings is 1. The first-order valence-electron chi connectivity index (χ1n) is 5.87. The molecule has 2 aromatic rings. The van der Waals surface area contributed by atoms with Gasteiger partial charge in [0.2, 0.25) is 0 Å². The SMILES string of the molecule is Brc1cc2c(c(CNCc3ccno3)c1)OCC2. The summed E-state index contributed by atoms with van der Waals surface area (Å²) in [5.41, 5.74) is 2.46. The number of nitrogens with zero attached hydrogens (tertiary/aromatic N) is 1. The Morgan fingerprint density at radius 2 is 2.28 bits per heavy atom. The maximum atomic E-state index is 5.68. The predicted molar refractivity (Wildman–Crippen MR) is 70.4 cm³/mol. The van der Waals surface area contributed by atoms with Gasteiger partial charge in [0.15, 0.2) is 0 Å². The molecule has 0 fully saturated rings. The average molecular weight is 309 g/mol. The molecule has 1 aromatic carbocycles. The molecule has 3 rings (SSSR count). The van der Waals surface area contributed by atoms with Crippen LogP contribution >= 0.6 is 15.9 Å². The van der Waals surface area contributed by atoms with Crippen molar-refractivity contribution in [3.8, 4) is 5.75 Å². The molecule has 18 heavy (non-hydrogen) atoms. The lowest BCUT2D eigenvalue weighted by Crippen LogP contribution is -2.13. The molecule has 0 atom stereocenters. The highest BCUT2D eigenvalue weighted by Gasteiger charge is 2.17. The van der Waals surface area contributed by atoms with Gasteiger partial charge in [0.05, 0.1) is 19.3 Å². The van der Waals surface area contributed by atoms with Gasteiger partial charge in [0, 0.05) is 29.1 Å². The van der Waals surface area contributed by atoms with Crippen molar-refractivity contribution in [1.82, 2.24) is 10.5 Å². The van der Waals surface area contributed by atoms with Crippen LogP contribution in [0.2, 0.25) is 0 Å². The zero-order valence-corrected chi connectivity index (χ0v) is 11.4. The summed E-state index contributed by atoms with van der Waals surface area (Å²) in [5, 5.41) is 7.00. The summed E-state index contributed by atoms with van der Waals surface area (Å²) < 4.78 is 11.8. The third kappa shape index (κ3) is 2.42. The Hall–Kier alpha value is -1.33. The maximum absolute atomic E-state index is 5.68. The van der Waals surface area contributed by atoms with E-state index in [1.807, 2.05) is 6.07 Å². The third-order valence-corrected chi connectivity index (χ3v) is 3.39. The minimum absolute atomic E-state index is 0.668. The fourth-order valence-corrected chi connectivity index (χ4v) is 2.68. The maximum Gasteiger partial charge on any atom is 0.150 e. The van der Waals surface area contributed by atoms with Crippen LogP contribution in [0.3, 0.4) is 0 Å². The minimum atomic E-state index is 0.668. The highest BCUT2D eigenvalue weighted by molar-refractivity contribution is 9.10. The molecule has 0 unspecified atom stereocenters. The van der Waals surface area contributed by atoms with Crippen LogP contribution in [0.25, 0.3) is 0 Å². The first-order chi connectivity index (χ1) is 8.83. The Morgan fingerprint density at radius 1 is 1.33 bits per heavy atom. The monoisotopic (exact) mass is 308 g/mol. The molecule has 0 aliphatic carbocycles. The van der Waals surface area contributed by atoms with E-state index in [-0.39, 0.29) is 0 Å². The number of nitrogens with one attached hydrogen (secondary N) is 1. The number of halogens is 1. The number of hydrogen-bond acceptors (Lipinski definition) is 4. The van der Waals surface area contributed by atoms with Crippen molar-refractivity contribution in [2.24, 2.45) is 0 Å². The number of fused-ring (bicyclic) bond motifs is 1. The van der Waals surface area contributed by atoms with Crippen LogP contribution in [0.5, 0.6) is 5.75 Å². The third-order valence-electron chi connectivity index (χ3n) is 2.93. The molecule has 5 heteroatoms. The van der Waals surface area contributed by atoms with E-state index in [2.05, 4.69) is 38.5 Å². The van der Waals surface area contributed by atoms with Gasteiger partial charge in [-0.25, -0.2) is 0 Å². The second-order valence-electron chi connectivity index (χ2n) is 4.23. The molecule has 1 aliphatic rings. The second kappa shape index (κ2) is 5.12. The largest absolute Gasteiger partial charge is 0.493 e. The molecular weight excluding hydrogens is 296 g/mol. The first-order valence-corrected chi connectivity index (χ1v) is 6.66. The van der Waals surface area contributed by atoms with Gasteiger partial charge >= 0.3 is 0 Å². The van der Waals surface area contributed by atoms with Gasteiger partial charge in [-0.15, -0.1) is 0 Å². The Balaban J connectivity index is 1.69. The standard InChI is InChI=1S/C13H13BrN2O2/c14-11-5-9-2-4-17-13(9)10(6-11)7-15-8-12-1-3-16-18-12/h1,3,5-6,15H,2,4,7-8H2. The molecule has 1 aliphatic heterocycles. The quantitative estimate of drug-likeness (QED) is 0.943. The van der Waals surface area contributed by atoms with E-state index in [9.17, 15) is 0 Å². The van der Waals surface area contributed by atoms with Gasteiger partial charge in [-0.3, -0.25) is 0 Å². The van der Waals surface area contributed by atoms with Crippen molar-refractivity contribution in [2.45, 2.75) is 19.5 Å². The van der Waals surface area contributed by atoms with Crippen molar-refractivity contribution >= 4 is 15.9 Å². The fourth-order valence-electron chi connectivity index (χ4n) is 2.13. The van der Waals surface area contributed by atoms with Crippen molar-refractivity contribution < 1.29 is 9.26 Å². The lowest BCUT2D eigenvalue weighted by atomic mass is 10.1. The topological polar surface area (TPSA) is 47.3 Å². The molecule has 2 heterocycles. The zero-order chi connectivity index (χ0) is 12.4. The van der Waals surface area contributed by atoms with Gasteiger partial charge in [0.1, 0.15) is 11.5 Å². The Kier molecular flexibility index (Phi) is 3.34. The van der Waals surface area contributed by atoms with Crippen molar-refractivity contribution in [1.29, 1.82) is 0 Å². The van der Waals surface area contributed by atoms with Crippen LogP contribution in [-0.2, 0) is 19.5 Å². The Morgan fingerprint density at radius 3 is 3.11 bits per heavy atom. The molecule has 0 amide bonds. The smallest absolute Gasteiger partial charge is 0.150 e. The molecule has 4 nitrogen and oxygen atoms in total. The van der Waals surface area contributed by atoms with Gasteiger partial charge in [-0.05, 0) is 17.7 Å². The van der Waals surface area contributed by atoms with Crippen LogP contribution < -0.4 is 10.1 Å². The average Bonchev–Trinajstić information content (AvgIpc) is 2.98. The minimum Gasteiger partial charge on any atom is -0.493 e. The van der Waals surface area contributed by atoms with Crippen LogP contribution in [-0.4, -0.2) is 11.8 Å². The predicted octanol–water partition coefficient (Wildman–Crippen LogP) is 2.66. The fraction of sp³-hybridized carbons (Fsp3) is 0.308. The zero-order valence-electron chi connectivity index (χ0n) is 9.78. The van der Waals surface area contributed by atoms with Crippen LogP contribution in [0.1, 0.15) is 16.9 Å². The molecule has 0 radical (unpaired) electrons. The van der Waals surface area contributed by atoms with Gasteiger partial charge in [-0.1, -0.05) is 21.1 Å². The molecule has 1 aromatic heterocycles. The summed E-state index contributed by atoms with van der Waals surface area (Å²) in [6, 6.07) is 6.08. The van der Waals surface area contributed by atoms with Gasteiger partial charge in [0.25, 0.3) is 0 Å². The van der Waals surface area contributed by atoms with E-state index in [1.54, 1.807) is 6.20 Å². The summed E-state index contributed by atoms with van der Waals surface area (Å²) >= 11 is 3.53. The number of ether oxygens (including phenoxy) is 1. The molecule has 94 valence electrons. The lowest BCUT2D eigenvalue weighted by Gasteiger charge is -2.09. The van der Waals surface area contributed by atoms with E-state index < -0.39 is 0 Å². The van der Waals surface area contributed by atoms with E-state index in [0.717, 1.165) is 35.6 Å². The van der Waals surface area contributed by atoms with Crippen LogP contribution in [0.4, 0.5) is 0 Å². The van der Waals surface area contributed by atoms with E-state index in [4.69, 9.17) is 9.26 Å². The highest BCUT2D eigenvalue weighted by Crippen LogP contribution is 2.32. The molecule has 0 saturated carbocycles. The van der Waals surface area contributed by atoms with Crippen LogP contribution in [0.15, 0.2) is 33.4 Å². The molecule has 0 saturated heterocycles. The summed E-state index contributed by atoms with van der Waals surface area (Å²) in [5.74, 6) is 1.87. The Labute approximate surface area is 113 Å². The van der Waals surface area contributed by atoms with Gasteiger partial charge in [-0.2, -0.15) is 0 Å².